The highest BCUT2D eigenvalue weighted by atomic mass is 32.2. The first-order valence-corrected chi connectivity index (χ1v) is 11.3. The molecule has 0 bridgehead atoms. The summed E-state index contributed by atoms with van der Waals surface area (Å²) in [6, 6.07) is 6.89. The van der Waals surface area contributed by atoms with Gasteiger partial charge in [-0.1, -0.05) is 0 Å². The summed E-state index contributed by atoms with van der Waals surface area (Å²) in [5.41, 5.74) is 1.23. The van der Waals surface area contributed by atoms with Crippen molar-refractivity contribution in [1.29, 1.82) is 0 Å². The molecule has 1 aromatic rings. The van der Waals surface area contributed by atoms with Gasteiger partial charge in [0.05, 0.1) is 0 Å². The van der Waals surface area contributed by atoms with Crippen molar-refractivity contribution in [1.82, 2.24) is 13.5 Å². The molecule has 2 aliphatic heterocycles. The Balaban J connectivity index is 1.32. The molecule has 9 heteroatoms. The van der Waals surface area contributed by atoms with Gasteiger partial charge >= 0.3 is 0 Å². The molecule has 1 N–H and O–H groups in total. The van der Waals surface area contributed by atoms with Crippen LogP contribution in [0.5, 0.6) is 0 Å². The Morgan fingerprint density at radius 2 is 1.43 bits per heavy atom. The van der Waals surface area contributed by atoms with Crippen molar-refractivity contribution >= 4 is 27.7 Å². The molecular weight excluding hydrogens is 380 g/mol. The Morgan fingerprint density at radius 1 is 0.857 bits per heavy atom. The lowest BCUT2D eigenvalue weighted by atomic mass is 10.1. The second-order valence-electron chi connectivity index (χ2n) is 7.65. The molecule has 3 fully saturated rings. The molecule has 8 nitrogen and oxygen atoms in total. The minimum atomic E-state index is -3.41. The number of nitrogens with zero attached hydrogens (tertiary/aromatic N) is 3. The van der Waals surface area contributed by atoms with Crippen LogP contribution in [-0.4, -0.2) is 73.0 Å². The molecule has 2 heterocycles. The Bertz CT molecular complexity index is 837. The Kier molecular flexibility index (Phi) is 5.39. The van der Waals surface area contributed by atoms with Crippen LogP contribution in [0.1, 0.15) is 36.0 Å². The van der Waals surface area contributed by atoms with Gasteiger partial charge in [0.2, 0.25) is 5.91 Å². The highest BCUT2D eigenvalue weighted by Gasteiger charge is 2.35. The van der Waals surface area contributed by atoms with Gasteiger partial charge in [0.25, 0.3) is 16.1 Å². The van der Waals surface area contributed by atoms with Crippen molar-refractivity contribution in [3.05, 3.63) is 29.8 Å². The van der Waals surface area contributed by atoms with Crippen LogP contribution in [0.25, 0.3) is 0 Å². The number of benzene rings is 1. The molecule has 152 valence electrons. The lowest BCUT2D eigenvalue weighted by molar-refractivity contribution is -0.117. The van der Waals surface area contributed by atoms with Crippen molar-refractivity contribution in [2.75, 3.05) is 44.6 Å². The smallest absolute Gasteiger partial charge is 0.282 e. The minimum absolute atomic E-state index is 0.0365. The zero-order chi connectivity index (χ0) is 19.7. The second-order valence-corrected chi connectivity index (χ2v) is 9.57. The van der Waals surface area contributed by atoms with Crippen molar-refractivity contribution in [2.45, 2.75) is 25.7 Å². The average molecular weight is 407 g/mol. The van der Waals surface area contributed by atoms with Gasteiger partial charge in [-0.2, -0.15) is 17.0 Å². The fourth-order valence-corrected chi connectivity index (χ4v) is 5.34. The highest BCUT2D eigenvalue weighted by Crippen LogP contribution is 2.30. The third-order valence-corrected chi connectivity index (χ3v) is 7.63. The second kappa shape index (κ2) is 7.81. The highest BCUT2D eigenvalue weighted by molar-refractivity contribution is 7.86. The zero-order valence-corrected chi connectivity index (χ0v) is 16.7. The number of rotatable bonds is 5. The fraction of sp³-hybridized carbons (Fsp3) is 0.579. The molecule has 2 saturated heterocycles. The third-order valence-electron chi connectivity index (χ3n) is 5.59. The zero-order valence-electron chi connectivity index (χ0n) is 15.8. The maximum absolute atomic E-state index is 12.7. The summed E-state index contributed by atoms with van der Waals surface area (Å²) in [4.78, 5) is 26.2. The van der Waals surface area contributed by atoms with E-state index in [9.17, 15) is 18.0 Å². The number of hydrogen-bond acceptors (Lipinski definition) is 4. The lowest BCUT2D eigenvalue weighted by Crippen LogP contribution is -2.53. The van der Waals surface area contributed by atoms with E-state index in [0.29, 0.717) is 50.5 Å². The number of carbonyl (C=O) groups excluding carboxylic acids is 2. The summed E-state index contributed by atoms with van der Waals surface area (Å²) in [5.74, 6) is 0.0575. The normalized spacial score (nSPS) is 21.6. The van der Waals surface area contributed by atoms with Crippen LogP contribution < -0.4 is 5.32 Å². The Morgan fingerprint density at radius 3 is 2.00 bits per heavy atom. The van der Waals surface area contributed by atoms with Crippen molar-refractivity contribution in [3.63, 3.8) is 0 Å². The third kappa shape index (κ3) is 4.06. The largest absolute Gasteiger partial charge is 0.336 e. The molecule has 28 heavy (non-hydrogen) atoms. The van der Waals surface area contributed by atoms with Gasteiger partial charge in [-0.15, -0.1) is 0 Å². The summed E-state index contributed by atoms with van der Waals surface area (Å²) in [6.45, 7) is 2.58. The van der Waals surface area contributed by atoms with E-state index in [1.54, 1.807) is 33.5 Å². The number of carbonyl (C=O) groups is 2. The predicted molar refractivity (Wildman–Crippen MR) is 105 cm³/mol. The molecule has 1 saturated carbocycles. The van der Waals surface area contributed by atoms with E-state index in [1.807, 2.05) is 0 Å². The van der Waals surface area contributed by atoms with Crippen LogP contribution in [0.4, 0.5) is 5.69 Å². The van der Waals surface area contributed by atoms with Crippen LogP contribution in [-0.2, 0) is 15.0 Å². The quantitative estimate of drug-likeness (QED) is 0.794. The number of amides is 2. The van der Waals surface area contributed by atoms with E-state index in [-0.39, 0.29) is 17.7 Å². The molecule has 2 amide bonds. The van der Waals surface area contributed by atoms with E-state index in [0.717, 1.165) is 25.7 Å². The van der Waals surface area contributed by atoms with E-state index in [4.69, 9.17) is 0 Å². The van der Waals surface area contributed by atoms with Crippen LogP contribution in [0, 0.1) is 5.92 Å². The first-order chi connectivity index (χ1) is 13.4. The summed E-state index contributed by atoms with van der Waals surface area (Å²) in [6.07, 6.45) is 3.72. The molecule has 4 rings (SSSR count). The van der Waals surface area contributed by atoms with Crippen LogP contribution in [0.2, 0.25) is 0 Å². The van der Waals surface area contributed by atoms with Crippen LogP contribution in [0.3, 0.4) is 0 Å². The number of hydrogen-bond donors (Lipinski definition) is 1. The molecular formula is C19H26N4O4S. The first-order valence-electron chi connectivity index (χ1n) is 9.90. The standard InChI is InChI=1S/C19H26N4O4S/c24-18(15-3-4-15)20-17-7-5-16(6-8-17)19(25)21-11-13-23(14-12-21)28(26,27)22-9-1-2-10-22/h5-8,15H,1-4,9-14H2,(H,20,24). The lowest BCUT2D eigenvalue weighted by Gasteiger charge is -2.35. The van der Waals surface area contributed by atoms with Crippen molar-refractivity contribution < 1.29 is 18.0 Å². The summed E-state index contributed by atoms with van der Waals surface area (Å²) >= 11 is 0. The number of nitrogens with one attached hydrogen (secondary N) is 1. The number of anilines is 1. The summed E-state index contributed by atoms with van der Waals surface area (Å²) in [5, 5.41) is 2.86. The minimum Gasteiger partial charge on any atom is -0.336 e. The predicted octanol–water partition coefficient (Wildman–Crippen LogP) is 1.13. The molecule has 0 aromatic heterocycles. The van der Waals surface area contributed by atoms with Crippen LogP contribution in [0.15, 0.2) is 24.3 Å². The maximum atomic E-state index is 12.7. The van der Waals surface area contributed by atoms with Gasteiger partial charge < -0.3 is 10.2 Å². The summed E-state index contributed by atoms with van der Waals surface area (Å²) in [7, 11) is -3.41. The van der Waals surface area contributed by atoms with E-state index < -0.39 is 10.2 Å². The molecule has 0 spiro atoms. The van der Waals surface area contributed by atoms with Gasteiger partial charge in [0, 0.05) is 56.4 Å². The van der Waals surface area contributed by atoms with Crippen molar-refractivity contribution in [2.24, 2.45) is 5.92 Å². The van der Waals surface area contributed by atoms with E-state index in [2.05, 4.69) is 5.32 Å². The van der Waals surface area contributed by atoms with E-state index >= 15 is 0 Å². The van der Waals surface area contributed by atoms with Gasteiger partial charge in [0.1, 0.15) is 0 Å². The molecule has 0 unspecified atom stereocenters. The maximum Gasteiger partial charge on any atom is 0.282 e. The van der Waals surface area contributed by atoms with Crippen LogP contribution >= 0.6 is 0 Å². The van der Waals surface area contributed by atoms with Crippen molar-refractivity contribution in [3.8, 4) is 0 Å². The monoisotopic (exact) mass is 406 g/mol. The molecule has 3 aliphatic rings. The summed E-state index contributed by atoms with van der Waals surface area (Å²) < 4.78 is 28.3. The Labute approximate surface area is 165 Å². The first kappa shape index (κ1) is 19.4. The van der Waals surface area contributed by atoms with Gasteiger partial charge in [0.15, 0.2) is 0 Å². The van der Waals surface area contributed by atoms with Gasteiger partial charge in [-0.25, -0.2) is 0 Å². The molecule has 1 aliphatic carbocycles. The van der Waals surface area contributed by atoms with Gasteiger partial charge in [-0.3, -0.25) is 9.59 Å². The Hall–Kier alpha value is -1.97. The fourth-order valence-electron chi connectivity index (χ4n) is 3.67. The topological polar surface area (TPSA) is 90.0 Å². The number of piperazine rings is 1. The average Bonchev–Trinajstić information content (AvgIpc) is 3.41. The van der Waals surface area contributed by atoms with Gasteiger partial charge in [-0.05, 0) is 49.9 Å². The molecule has 0 radical (unpaired) electrons. The molecule has 0 atom stereocenters. The molecule has 1 aromatic carbocycles. The SMILES string of the molecule is O=C(Nc1ccc(C(=O)N2CCN(S(=O)(=O)N3CCCC3)CC2)cc1)C1CC1. The van der Waals surface area contributed by atoms with E-state index in [1.165, 1.54) is 4.31 Å².